The first-order valence-corrected chi connectivity index (χ1v) is 2.84. The van der Waals surface area contributed by atoms with E-state index in [1.165, 1.54) is 0 Å². The summed E-state index contributed by atoms with van der Waals surface area (Å²) in [6.07, 6.45) is -3.07. The maximum Gasteiger partial charge on any atom is 0.433 e. The maximum absolute atomic E-state index is 11.8. The van der Waals surface area contributed by atoms with Gasteiger partial charge in [-0.05, 0) is 0 Å². The highest BCUT2D eigenvalue weighted by Gasteiger charge is 2.34. The van der Waals surface area contributed by atoms with Crippen LogP contribution in [-0.4, -0.2) is 18.2 Å². The van der Waals surface area contributed by atoms with Gasteiger partial charge >= 0.3 is 6.18 Å². The predicted molar refractivity (Wildman–Crippen MR) is 32.3 cm³/mol. The Hall–Kier alpha value is -1.13. The zero-order chi connectivity index (χ0) is 8.48. The van der Waals surface area contributed by atoms with Crippen molar-refractivity contribution >= 4 is 12.0 Å². The molecule has 0 aromatic heterocycles. The lowest BCUT2D eigenvalue weighted by molar-refractivity contribution is -0.115. The molecule has 60 valence electrons. The highest BCUT2D eigenvalue weighted by atomic mass is 19.4. The van der Waals surface area contributed by atoms with E-state index < -0.39 is 17.7 Å². The number of carbonyl (C=O) groups is 1. The molecule has 5 heteroatoms. The standard InChI is InChI=1S/C6H4F3NO/c7-6(8,9)5-3-4(11)1-2-10-5/h2-3H,1H2. The van der Waals surface area contributed by atoms with Crippen LogP contribution in [-0.2, 0) is 4.79 Å². The van der Waals surface area contributed by atoms with Crippen molar-refractivity contribution in [3.05, 3.63) is 11.8 Å². The molecule has 0 unspecified atom stereocenters. The first kappa shape index (κ1) is 7.97. The first-order valence-electron chi connectivity index (χ1n) is 2.84. The molecular weight excluding hydrogens is 159 g/mol. The van der Waals surface area contributed by atoms with Gasteiger partial charge in [0, 0.05) is 18.7 Å². The number of nitrogens with zero attached hydrogens (tertiary/aromatic N) is 1. The van der Waals surface area contributed by atoms with E-state index in [9.17, 15) is 18.0 Å². The third-order valence-electron chi connectivity index (χ3n) is 1.11. The van der Waals surface area contributed by atoms with Crippen molar-refractivity contribution < 1.29 is 18.0 Å². The van der Waals surface area contributed by atoms with Gasteiger partial charge in [-0.15, -0.1) is 0 Å². The molecular formula is C6H4F3NO. The number of ketones is 1. The van der Waals surface area contributed by atoms with E-state index in [0.717, 1.165) is 6.21 Å². The van der Waals surface area contributed by atoms with Gasteiger partial charge in [0.15, 0.2) is 5.78 Å². The summed E-state index contributed by atoms with van der Waals surface area (Å²) >= 11 is 0. The van der Waals surface area contributed by atoms with Crippen LogP contribution in [0.4, 0.5) is 13.2 Å². The fourth-order valence-corrected chi connectivity index (χ4v) is 0.638. The maximum atomic E-state index is 11.8. The molecule has 1 aliphatic heterocycles. The van der Waals surface area contributed by atoms with Gasteiger partial charge in [-0.25, -0.2) is 0 Å². The quantitative estimate of drug-likeness (QED) is 0.531. The van der Waals surface area contributed by atoms with Crippen LogP contribution in [0.2, 0.25) is 0 Å². The normalized spacial score (nSPS) is 18.5. The average molecular weight is 163 g/mol. The molecule has 0 fully saturated rings. The molecule has 0 atom stereocenters. The monoisotopic (exact) mass is 163 g/mol. The molecule has 0 spiro atoms. The first-order chi connectivity index (χ1) is 5.00. The SMILES string of the molecule is O=C1C=C(C(F)(F)F)N=CC1. The van der Waals surface area contributed by atoms with Gasteiger partial charge in [0.05, 0.1) is 0 Å². The number of aliphatic imine (C=N–C) groups is 1. The van der Waals surface area contributed by atoms with Crippen LogP contribution in [0.3, 0.4) is 0 Å². The predicted octanol–water partition coefficient (Wildman–Crippen LogP) is 1.48. The number of carbonyl (C=O) groups excluding carboxylic acids is 1. The molecule has 1 heterocycles. The zero-order valence-electron chi connectivity index (χ0n) is 5.35. The van der Waals surface area contributed by atoms with Gasteiger partial charge in [0.1, 0.15) is 5.70 Å². The van der Waals surface area contributed by atoms with Crippen molar-refractivity contribution in [1.82, 2.24) is 0 Å². The minimum atomic E-state index is -4.51. The molecule has 0 aliphatic carbocycles. The van der Waals surface area contributed by atoms with E-state index in [-0.39, 0.29) is 6.42 Å². The fourth-order valence-electron chi connectivity index (χ4n) is 0.638. The molecule has 0 bridgehead atoms. The molecule has 0 aromatic rings. The van der Waals surface area contributed by atoms with E-state index in [0.29, 0.717) is 6.08 Å². The Morgan fingerprint density at radius 3 is 2.45 bits per heavy atom. The largest absolute Gasteiger partial charge is 0.433 e. The third-order valence-corrected chi connectivity index (χ3v) is 1.11. The van der Waals surface area contributed by atoms with E-state index >= 15 is 0 Å². The number of hydrogen-bond acceptors (Lipinski definition) is 2. The second kappa shape index (κ2) is 2.48. The molecule has 0 amide bonds. The Kier molecular flexibility index (Phi) is 1.80. The van der Waals surface area contributed by atoms with Crippen molar-refractivity contribution in [1.29, 1.82) is 0 Å². The molecule has 1 rings (SSSR count). The molecule has 0 radical (unpaired) electrons. The summed E-state index contributed by atoms with van der Waals surface area (Å²) in [5.41, 5.74) is -1.12. The summed E-state index contributed by atoms with van der Waals surface area (Å²) in [5, 5.41) is 0. The summed E-state index contributed by atoms with van der Waals surface area (Å²) in [6.45, 7) is 0. The summed E-state index contributed by atoms with van der Waals surface area (Å²) < 4.78 is 35.3. The Balaban J connectivity index is 2.88. The van der Waals surface area contributed by atoms with Crippen LogP contribution >= 0.6 is 0 Å². The highest BCUT2D eigenvalue weighted by molar-refractivity contribution is 6.01. The molecule has 2 nitrogen and oxygen atoms in total. The summed E-state index contributed by atoms with van der Waals surface area (Å²) in [6, 6.07) is 0. The lowest BCUT2D eigenvalue weighted by atomic mass is 10.2. The van der Waals surface area contributed by atoms with E-state index in [2.05, 4.69) is 4.99 Å². The summed E-state index contributed by atoms with van der Waals surface area (Å²) in [4.78, 5) is 13.5. The molecule has 0 aromatic carbocycles. The lowest BCUT2D eigenvalue weighted by Crippen LogP contribution is -2.15. The van der Waals surface area contributed by atoms with Crippen LogP contribution in [0.25, 0.3) is 0 Å². The number of hydrogen-bond donors (Lipinski definition) is 0. The molecule has 0 saturated heterocycles. The van der Waals surface area contributed by atoms with Crippen LogP contribution in [0, 0.1) is 0 Å². The highest BCUT2D eigenvalue weighted by Crippen LogP contribution is 2.27. The number of halogens is 3. The molecule has 0 N–H and O–H groups in total. The Morgan fingerprint density at radius 2 is 2.09 bits per heavy atom. The summed E-state index contributed by atoms with van der Waals surface area (Å²) in [7, 11) is 0. The Labute approximate surface area is 60.4 Å². The minimum Gasteiger partial charge on any atom is -0.294 e. The summed E-state index contributed by atoms with van der Waals surface area (Å²) in [5.74, 6) is -0.563. The number of rotatable bonds is 0. The number of alkyl halides is 3. The second-order valence-corrected chi connectivity index (χ2v) is 2.01. The van der Waals surface area contributed by atoms with E-state index in [4.69, 9.17) is 0 Å². The van der Waals surface area contributed by atoms with Crippen LogP contribution in [0.5, 0.6) is 0 Å². The molecule has 0 saturated carbocycles. The Bertz CT molecular complexity index is 239. The van der Waals surface area contributed by atoms with Crippen molar-refractivity contribution in [2.45, 2.75) is 12.6 Å². The fraction of sp³-hybridized carbons (Fsp3) is 0.333. The van der Waals surface area contributed by atoms with Gasteiger partial charge in [0.2, 0.25) is 0 Å². The lowest BCUT2D eigenvalue weighted by Gasteiger charge is -2.08. The number of allylic oxidation sites excluding steroid dienone is 2. The zero-order valence-corrected chi connectivity index (χ0v) is 5.35. The minimum absolute atomic E-state index is 0.0421. The van der Waals surface area contributed by atoms with Gasteiger partial charge < -0.3 is 0 Å². The average Bonchev–Trinajstić information content (AvgIpc) is 1.86. The van der Waals surface area contributed by atoms with Crippen molar-refractivity contribution in [3.63, 3.8) is 0 Å². The van der Waals surface area contributed by atoms with Gasteiger partial charge in [-0.3, -0.25) is 9.79 Å². The third kappa shape index (κ3) is 1.89. The van der Waals surface area contributed by atoms with Crippen molar-refractivity contribution in [2.75, 3.05) is 0 Å². The van der Waals surface area contributed by atoms with Gasteiger partial charge in [-0.2, -0.15) is 13.2 Å². The molecule has 11 heavy (non-hydrogen) atoms. The van der Waals surface area contributed by atoms with Crippen LogP contribution < -0.4 is 0 Å². The smallest absolute Gasteiger partial charge is 0.294 e. The van der Waals surface area contributed by atoms with Crippen molar-refractivity contribution in [2.24, 2.45) is 4.99 Å². The van der Waals surface area contributed by atoms with E-state index in [1.807, 2.05) is 0 Å². The van der Waals surface area contributed by atoms with Gasteiger partial charge in [-0.1, -0.05) is 0 Å². The molecule has 1 aliphatic rings. The van der Waals surface area contributed by atoms with E-state index in [1.54, 1.807) is 0 Å². The van der Waals surface area contributed by atoms with Crippen molar-refractivity contribution in [3.8, 4) is 0 Å². The van der Waals surface area contributed by atoms with Gasteiger partial charge in [0.25, 0.3) is 0 Å². The topological polar surface area (TPSA) is 29.4 Å². The Morgan fingerprint density at radius 1 is 1.45 bits per heavy atom. The second-order valence-electron chi connectivity index (χ2n) is 2.01. The van der Waals surface area contributed by atoms with Crippen LogP contribution in [0.1, 0.15) is 6.42 Å². The van der Waals surface area contributed by atoms with Crippen LogP contribution in [0.15, 0.2) is 16.8 Å².